The summed E-state index contributed by atoms with van der Waals surface area (Å²) in [5.74, 6) is 1.58. The van der Waals surface area contributed by atoms with E-state index in [0.717, 1.165) is 49.6 Å². The largest absolute Gasteiger partial charge is 0.467 e. The fourth-order valence-electron chi connectivity index (χ4n) is 5.00. The van der Waals surface area contributed by atoms with Gasteiger partial charge < -0.3 is 14.5 Å². The monoisotopic (exact) mass is 696 g/mol. The lowest BCUT2D eigenvalue weighted by molar-refractivity contribution is -0.142. The highest BCUT2D eigenvalue weighted by Crippen LogP contribution is 2.34. The minimum Gasteiger partial charge on any atom is -0.467 e. The van der Waals surface area contributed by atoms with Crippen molar-refractivity contribution in [1.29, 1.82) is 0 Å². The van der Waals surface area contributed by atoms with Gasteiger partial charge in [-0.3, -0.25) is 9.69 Å². The van der Waals surface area contributed by atoms with Gasteiger partial charge in [0, 0.05) is 28.7 Å². The van der Waals surface area contributed by atoms with Crippen LogP contribution in [0.4, 0.5) is 0 Å². The highest BCUT2D eigenvalue weighted by Gasteiger charge is 2.24. The summed E-state index contributed by atoms with van der Waals surface area (Å²) in [7, 11) is 1.34. The van der Waals surface area contributed by atoms with Crippen molar-refractivity contribution in [3.63, 3.8) is 0 Å². The maximum Gasteiger partial charge on any atom is 0.328 e. The van der Waals surface area contributed by atoms with Crippen LogP contribution < -0.4 is 5.32 Å². The molecule has 4 aromatic rings. The average molecular weight is 698 g/mol. The number of hydrogen-bond acceptors (Lipinski definition) is 6. The molecule has 0 fully saturated rings. The summed E-state index contributed by atoms with van der Waals surface area (Å²) in [6.45, 7) is 7.59. The lowest BCUT2D eigenvalue weighted by Crippen LogP contribution is -2.42. The van der Waals surface area contributed by atoms with Crippen LogP contribution in [0.1, 0.15) is 47.5 Å². The van der Waals surface area contributed by atoms with E-state index in [0.29, 0.717) is 30.1 Å². The first-order valence-corrected chi connectivity index (χ1v) is 17.0. The predicted octanol–water partition coefficient (Wildman–Crippen LogP) is 8.77. The minimum absolute atomic E-state index is 0.222. The molecule has 1 N–H and O–H groups in total. The second kappa shape index (κ2) is 15.8. The van der Waals surface area contributed by atoms with E-state index in [1.54, 1.807) is 11.8 Å². The van der Waals surface area contributed by atoms with Gasteiger partial charge in [0.05, 0.1) is 18.1 Å². The normalized spacial score (nSPS) is 12.0. The Morgan fingerprint density at radius 1 is 1.02 bits per heavy atom. The van der Waals surface area contributed by atoms with Crippen molar-refractivity contribution < 1.29 is 18.7 Å². The molecule has 3 aromatic carbocycles. The summed E-state index contributed by atoms with van der Waals surface area (Å²) in [5.41, 5.74) is 5.37. The number of furan rings is 1. The van der Waals surface area contributed by atoms with Crippen LogP contribution in [0.25, 0.3) is 22.5 Å². The second-order valence-electron chi connectivity index (χ2n) is 10.9. The van der Waals surface area contributed by atoms with Crippen molar-refractivity contribution in [3.05, 3.63) is 105 Å². The van der Waals surface area contributed by atoms with Crippen LogP contribution in [0.2, 0.25) is 5.02 Å². The molecule has 44 heavy (non-hydrogen) atoms. The van der Waals surface area contributed by atoms with Crippen molar-refractivity contribution in [2.45, 2.75) is 52.4 Å². The van der Waals surface area contributed by atoms with E-state index in [-0.39, 0.29) is 11.9 Å². The van der Waals surface area contributed by atoms with E-state index in [1.165, 1.54) is 7.11 Å². The Bertz CT molecular complexity index is 1590. The molecule has 4 rings (SSSR count). The van der Waals surface area contributed by atoms with Crippen molar-refractivity contribution in [3.8, 4) is 22.5 Å². The summed E-state index contributed by atoms with van der Waals surface area (Å²) in [6.07, 6.45) is 2.46. The summed E-state index contributed by atoms with van der Waals surface area (Å²) in [6, 6.07) is 23.0. The van der Waals surface area contributed by atoms with E-state index >= 15 is 0 Å². The van der Waals surface area contributed by atoms with Crippen LogP contribution >= 0.6 is 39.3 Å². The number of aryl methyl sites for hydroxylation is 1. The molecule has 9 heteroatoms. The van der Waals surface area contributed by atoms with Crippen LogP contribution in [0.3, 0.4) is 0 Å². The summed E-state index contributed by atoms with van der Waals surface area (Å²) in [5, 5.41) is 3.60. The van der Waals surface area contributed by atoms with Gasteiger partial charge in [0.1, 0.15) is 17.6 Å². The lowest BCUT2D eigenvalue weighted by atomic mass is 9.93. The molecular formula is C35H38BrClN2O4S. The molecule has 1 heterocycles. The summed E-state index contributed by atoms with van der Waals surface area (Å²) >= 11 is 11.4. The second-order valence-corrected chi connectivity index (χ2v) is 13.2. The third-order valence-electron chi connectivity index (χ3n) is 7.48. The summed E-state index contributed by atoms with van der Waals surface area (Å²) in [4.78, 5) is 28.4. The summed E-state index contributed by atoms with van der Waals surface area (Å²) < 4.78 is 12.1. The number of esters is 1. The number of rotatable bonds is 13. The smallest absolute Gasteiger partial charge is 0.328 e. The topological polar surface area (TPSA) is 71.8 Å². The Hall–Kier alpha value is -3.04. The number of ether oxygens (including phenoxy) is 1. The van der Waals surface area contributed by atoms with Gasteiger partial charge in [-0.05, 0) is 120 Å². The molecule has 0 saturated carbocycles. The van der Waals surface area contributed by atoms with Gasteiger partial charge in [-0.15, -0.1) is 0 Å². The Morgan fingerprint density at radius 2 is 1.75 bits per heavy atom. The number of benzene rings is 3. The van der Waals surface area contributed by atoms with E-state index in [1.807, 2.05) is 79.9 Å². The average Bonchev–Trinajstić information content (AvgIpc) is 3.38. The van der Waals surface area contributed by atoms with Crippen molar-refractivity contribution >= 4 is 51.2 Å². The SMILES string of the molecule is COC(=O)[C@H](CCSC)NC(=O)c1ccc(CN(Cc2cc(Br)c(-c3ccc(Cl)cc3)o2)C(C)C)cc1-c1ccccc1C. The number of hydrogen-bond donors (Lipinski definition) is 1. The standard InChI is InChI=1S/C35H38BrClN2O4S/c1-22(2)39(21-27-19-31(36)33(43-27)25-11-13-26(37)14-12-25)20-24-10-15-29(30(18-24)28-9-7-6-8-23(28)3)34(40)38-32(16-17-44-5)35(41)42-4/h6-15,18-19,22,32H,16-17,20-21H2,1-5H3,(H,38,40)/t32-/m0/s1. The maximum absolute atomic E-state index is 13.6. The molecule has 6 nitrogen and oxygen atoms in total. The molecule has 1 aromatic heterocycles. The Morgan fingerprint density at radius 3 is 2.41 bits per heavy atom. The zero-order valence-electron chi connectivity index (χ0n) is 25.7. The van der Waals surface area contributed by atoms with E-state index in [4.69, 9.17) is 20.8 Å². The van der Waals surface area contributed by atoms with Crippen LogP contribution in [-0.2, 0) is 22.6 Å². The highest BCUT2D eigenvalue weighted by atomic mass is 79.9. The number of methoxy groups -OCH3 is 1. The molecule has 1 atom stereocenters. The van der Waals surface area contributed by atoms with Gasteiger partial charge in [-0.25, -0.2) is 4.79 Å². The number of nitrogens with one attached hydrogen (secondary N) is 1. The minimum atomic E-state index is -0.717. The number of carbonyl (C=O) groups is 2. The predicted molar refractivity (Wildman–Crippen MR) is 184 cm³/mol. The molecule has 0 aliphatic carbocycles. The number of carbonyl (C=O) groups excluding carboxylic acids is 2. The number of halogens is 2. The Balaban J connectivity index is 1.63. The first-order valence-electron chi connectivity index (χ1n) is 14.5. The number of thioether (sulfide) groups is 1. The van der Waals surface area contributed by atoms with Gasteiger partial charge >= 0.3 is 5.97 Å². The molecular weight excluding hydrogens is 660 g/mol. The van der Waals surface area contributed by atoms with Gasteiger partial charge in [0.15, 0.2) is 0 Å². The van der Waals surface area contributed by atoms with Crippen molar-refractivity contribution in [1.82, 2.24) is 10.2 Å². The Labute approximate surface area is 277 Å². The van der Waals surface area contributed by atoms with Gasteiger partial charge in [-0.1, -0.05) is 41.9 Å². The zero-order valence-corrected chi connectivity index (χ0v) is 28.8. The third-order valence-corrected chi connectivity index (χ3v) is 8.97. The van der Waals surface area contributed by atoms with Crippen LogP contribution in [0, 0.1) is 6.92 Å². The molecule has 1 amide bonds. The van der Waals surface area contributed by atoms with Gasteiger partial charge in [-0.2, -0.15) is 11.8 Å². The first kappa shape index (κ1) is 33.8. The molecule has 0 spiro atoms. The quantitative estimate of drug-likeness (QED) is 0.141. The molecule has 0 saturated heterocycles. The van der Waals surface area contributed by atoms with E-state index in [9.17, 15) is 9.59 Å². The Kier molecular flexibility index (Phi) is 12.2. The fourth-order valence-corrected chi connectivity index (χ4v) is 6.16. The molecule has 0 aliphatic heterocycles. The van der Waals surface area contributed by atoms with Crippen molar-refractivity contribution in [2.75, 3.05) is 19.1 Å². The first-order chi connectivity index (χ1) is 21.1. The molecule has 0 bridgehead atoms. The number of nitrogens with zero attached hydrogens (tertiary/aromatic N) is 1. The van der Waals surface area contributed by atoms with Crippen LogP contribution in [0.15, 0.2) is 81.7 Å². The lowest BCUT2D eigenvalue weighted by Gasteiger charge is -2.26. The number of amides is 1. The third kappa shape index (κ3) is 8.57. The van der Waals surface area contributed by atoms with E-state index < -0.39 is 12.0 Å². The molecule has 0 radical (unpaired) electrons. The highest BCUT2D eigenvalue weighted by molar-refractivity contribution is 9.10. The van der Waals surface area contributed by atoms with Gasteiger partial charge in [0.25, 0.3) is 5.91 Å². The molecule has 0 aliphatic rings. The van der Waals surface area contributed by atoms with Gasteiger partial charge in [0.2, 0.25) is 0 Å². The van der Waals surface area contributed by atoms with Crippen molar-refractivity contribution in [2.24, 2.45) is 0 Å². The maximum atomic E-state index is 13.6. The molecule has 232 valence electrons. The molecule has 0 unspecified atom stereocenters. The zero-order chi connectivity index (χ0) is 31.8. The fraction of sp³-hybridized carbons (Fsp3) is 0.314. The van der Waals surface area contributed by atoms with E-state index in [2.05, 4.69) is 46.1 Å². The van der Waals surface area contributed by atoms with Crippen LogP contribution in [-0.4, -0.2) is 48.0 Å². The van der Waals surface area contributed by atoms with Crippen LogP contribution in [0.5, 0.6) is 0 Å².